The van der Waals surface area contributed by atoms with Gasteiger partial charge in [-0.25, -0.2) is 0 Å². The number of anilines is 2. The Morgan fingerprint density at radius 3 is 2.54 bits per heavy atom. The highest BCUT2D eigenvalue weighted by molar-refractivity contribution is 6.10. The molecule has 3 aliphatic rings. The minimum Gasteiger partial charge on any atom is -0.497 e. The quantitative estimate of drug-likeness (QED) is 0.559. The van der Waals surface area contributed by atoms with E-state index >= 15 is 0 Å². The molecule has 0 spiro atoms. The second-order valence-electron chi connectivity index (χ2n) is 10.1. The van der Waals surface area contributed by atoms with Gasteiger partial charge in [-0.3, -0.25) is 19.3 Å². The smallest absolute Gasteiger partial charge is 0.257 e. The van der Waals surface area contributed by atoms with E-state index in [2.05, 4.69) is 6.92 Å². The topological polar surface area (TPSA) is 70.2 Å². The largest absolute Gasteiger partial charge is 0.497 e. The molecule has 3 amide bonds. The number of rotatable bonds is 8. The summed E-state index contributed by atoms with van der Waals surface area (Å²) >= 11 is 0. The van der Waals surface area contributed by atoms with Crippen molar-refractivity contribution in [3.8, 4) is 5.75 Å². The fourth-order valence-corrected chi connectivity index (χ4v) is 5.69. The van der Waals surface area contributed by atoms with E-state index in [0.29, 0.717) is 49.4 Å². The summed E-state index contributed by atoms with van der Waals surface area (Å²) in [5, 5.41) is 0. The summed E-state index contributed by atoms with van der Waals surface area (Å²) in [6.45, 7) is 4.51. The van der Waals surface area contributed by atoms with E-state index < -0.39 is 5.66 Å². The van der Waals surface area contributed by atoms with Crippen LogP contribution in [-0.4, -0.2) is 48.0 Å². The summed E-state index contributed by atoms with van der Waals surface area (Å²) in [5.41, 5.74) is 1.42. The third kappa shape index (κ3) is 4.07. The molecule has 2 fully saturated rings. The van der Waals surface area contributed by atoms with Crippen molar-refractivity contribution in [3.63, 3.8) is 0 Å². The highest BCUT2D eigenvalue weighted by Crippen LogP contribution is 2.44. The molecule has 35 heavy (non-hydrogen) atoms. The maximum Gasteiger partial charge on any atom is 0.257 e. The van der Waals surface area contributed by atoms with Gasteiger partial charge in [-0.1, -0.05) is 12.1 Å². The zero-order valence-corrected chi connectivity index (χ0v) is 20.7. The summed E-state index contributed by atoms with van der Waals surface area (Å²) in [4.78, 5) is 45.2. The number of ether oxygens (including phenoxy) is 1. The highest BCUT2D eigenvalue weighted by Gasteiger charge is 2.52. The first-order valence-corrected chi connectivity index (χ1v) is 12.6. The van der Waals surface area contributed by atoms with Crippen molar-refractivity contribution in [2.75, 3.05) is 23.5 Å². The van der Waals surface area contributed by atoms with Crippen LogP contribution in [0.4, 0.5) is 11.4 Å². The molecule has 1 aliphatic carbocycles. The standard InChI is InChI=1S/C28H33N3O4/c1-19(20-10-11-20)30(21-12-14-22(35-3)15-13-21)25(32)9-6-18-29-27(34)23-7-4-5-8-24(23)31-26(33)16-17-28(29,31)2/h4-5,7-8,12-15,19-20H,6,9-11,16-18H2,1-3H3. The summed E-state index contributed by atoms with van der Waals surface area (Å²) in [6, 6.07) is 15.1. The fourth-order valence-electron chi connectivity index (χ4n) is 5.69. The van der Waals surface area contributed by atoms with E-state index in [1.165, 1.54) is 0 Å². The number of fused-ring (bicyclic) bond motifs is 3. The molecular weight excluding hydrogens is 442 g/mol. The number of nitrogens with zero attached hydrogens (tertiary/aromatic N) is 3. The average molecular weight is 476 g/mol. The Hall–Kier alpha value is -3.35. The van der Waals surface area contributed by atoms with Crippen LogP contribution >= 0.6 is 0 Å². The number of hydrogen-bond donors (Lipinski definition) is 0. The van der Waals surface area contributed by atoms with Crippen LogP contribution in [0.1, 0.15) is 62.7 Å². The first-order valence-electron chi connectivity index (χ1n) is 12.6. The molecule has 7 nitrogen and oxygen atoms in total. The lowest BCUT2D eigenvalue weighted by Gasteiger charge is -2.48. The highest BCUT2D eigenvalue weighted by atomic mass is 16.5. The number of carbonyl (C=O) groups is 3. The van der Waals surface area contributed by atoms with Crippen molar-refractivity contribution in [3.05, 3.63) is 54.1 Å². The number of hydrogen-bond acceptors (Lipinski definition) is 4. The molecule has 0 bridgehead atoms. The lowest BCUT2D eigenvalue weighted by Crippen LogP contribution is -2.62. The molecule has 184 valence electrons. The zero-order valence-electron chi connectivity index (χ0n) is 20.7. The molecule has 0 N–H and O–H groups in total. The summed E-state index contributed by atoms with van der Waals surface area (Å²) in [6.07, 6.45) is 4.16. The molecule has 2 aromatic rings. The normalized spacial score (nSPS) is 22.0. The van der Waals surface area contributed by atoms with Crippen molar-refractivity contribution in [1.29, 1.82) is 0 Å². The van der Waals surface area contributed by atoms with Crippen LogP contribution in [0.5, 0.6) is 5.75 Å². The summed E-state index contributed by atoms with van der Waals surface area (Å²) < 4.78 is 5.28. The van der Waals surface area contributed by atoms with Crippen LogP contribution in [0, 0.1) is 5.92 Å². The molecule has 2 atom stereocenters. The van der Waals surface area contributed by atoms with Gasteiger partial charge in [-0.2, -0.15) is 0 Å². The van der Waals surface area contributed by atoms with Crippen LogP contribution in [-0.2, 0) is 9.59 Å². The van der Waals surface area contributed by atoms with Gasteiger partial charge in [-0.15, -0.1) is 0 Å². The van der Waals surface area contributed by atoms with Crippen LogP contribution in [0.2, 0.25) is 0 Å². The maximum absolute atomic E-state index is 13.5. The van der Waals surface area contributed by atoms with E-state index in [-0.39, 0.29) is 23.8 Å². The van der Waals surface area contributed by atoms with Gasteiger partial charge in [0.25, 0.3) is 5.91 Å². The molecule has 1 saturated heterocycles. The molecule has 2 unspecified atom stereocenters. The Bertz CT molecular complexity index is 1140. The third-order valence-corrected chi connectivity index (χ3v) is 7.85. The van der Waals surface area contributed by atoms with Crippen molar-refractivity contribution >= 4 is 29.1 Å². The molecule has 0 radical (unpaired) electrons. The van der Waals surface area contributed by atoms with Crippen molar-refractivity contribution in [2.24, 2.45) is 5.92 Å². The lowest BCUT2D eigenvalue weighted by molar-refractivity contribution is -0.120. The van der Waals surface area contributed by atoms with Gasteiger partial charge in [0.05, 0.1) is 18.4 Å². The second-order valence-corrected chi connectivity index (χ2v) is 10.1. The van der Waals surface area contributed by atoms with E-state index in [9.17, 15) is 14.4 Å². The predicted octanol–water partition coefficient (Wildman–Crippen LogP) is 4.61. The van der Waals surface area contributed by atoms with Gasteiger partial charge >= 0.3 is 0 Å². The van der Waals surface area contributed by atoms with Gasteiger partial charge in [0.15, 0.2) is 0 Å². The van der Waals surface area contributed by atoms with Crippen LogP contribution in [0.25, 0.3) is 0 Å². The number of carbonyl (C=O) groups excluding carboxylic acids is 3. The van der Waals surface area contributed by atoms with Gasteiger partial charge in [0.1, 0.15) is 11.4 Å². The minimum atomic E-state index is -0.692. The van der Waals surface area contributed by atoms with E-state index in [4.69, 9.17) is 4.74 Å². The molecule has 0 aromatic heterocycles. The number of methoxy groups -OCH3 is 1. The second kappa shape index (κ2) is 9.02. The minimum absolute atomic E-state index is 0.0393. The number of benzene rings is 2. The van der Waals surface area contributed by atoms with Crippen molar-refractivity contribution < 1.29 is 19.1 Å². The van der Waals surface area contributed by atoms with Crippen molar-refractivity contribution in [1.82, 2.24) is 4.90 Å². The SMILES string of the molecule is COc1ccc(N(C(=O)CCCN2C(=O)c3ccccc3N3C(=O)CCC23C)C(C)C2CC2)cc1. The monoisotopic (exact) mass is 475 g/mol. The molecule has 7 heteroatoms. The molecule has 1 saturated carbocycles. The summed E-state index contributed by atoms with van der Waals surface area (Å²) in [5.74, 6) is 1.31. The first-order chi connectivity index (χ1) is 16.8. The third-order valence-electron chi connectivity index (χ3n) is 7.85. The van der Waals surface area contributed by atoms with E-state index in [1.54, 1.807) is 23.0 Å². The van der Waals surface area contributed by atoms with Crippen LogP contribution in [0.3, 0.4) is 0 Å². The van der Waals surface area contributed by atoms with Crippen molar-refractivity contribution in [2.45, 2.75) is 64.1 Å². The Morgan fingerprint density at radius 2 is 1.86 bits per heavy atom. The van der Waals surface area contributed by atoms with E-state index in [1.807, 2.05) is 54.3 Å². The Kier molecular flexibility index (Phi) is 6.03. The number of amides is 3. The van der Waals surface area contributed by atoms with Crippen LogP contribution in [0.15, 0.2) is 48.5 Å². The predicted molar refractivity (Wildman–Crippen MR) is 135 cm³/mol. The molecule has 2 heterocycles. The molecule has 5 rings (SSSR count). The summed E-state index contributed by atoms with van der Waals surface area (Å²) in [7, 11) is 1.63. The fraction of sp³-hybridized carbons (Fsp3) is 0.464. The van der Waals surface area contributed by atoms with Gasteiger partial charge in [0, 0.05) is 31.1 Å². The molecule has 2 aromatic carbocycles. The molecular formula is C28H33N3O4. The molecule has 2 aliphatic heterocycles. The Morgan fingerprint density at radius 1 is 1.14 bits per heavy atom. The van der Waals surface area contributed by atoms with Crippen LogP contribution < -0.4 is 14.5 Å². The number of para-hydroxylation sites is 1. The maximum atomic E-state index is 13.5. The Balaban J connectivity index is 1.32. The average Bonchev–Trinajstić information content (AvgIpc) is 3.66. The van der Waals surface area contributed by atoms with Gasteiger partial charge < -0.3 is 14.5 Å². The Labute approximate surface area is 206 Å². The first kappa shape index (κ1) is 23.4. The van der Waals surface area contributed by atoms with E-state index in [0.717, 1.165) is 24.3 Å². The van der Waals surface area contributed by atoms with Gasteiger partial charge in [0.2, 0.25) is 11.8 Å². The lowest BCUT2D eigenvalue weighted by atomic mass is 9.97. The van der Waals surface area contributed by atoms with Gasteiger partial charge in [-0.05, 0) is 81.8 Å². The zero-order chi connectivity index (χ0) is 24.7.